The Bertz CT molecular complexity index is 590. The number of urea groups is 1. The van der Waals surface area contributed by atoms with Gasteiger partial charge in [0, 0.05) is 32.7 Å². The average molecular weight is 319 g/mol. The lowest BCUT2D eigenvalue weighted by Gasteiger charge is -2.36. The molecule has 2 fully saturated rings. The Balaban J connectivity index is 1.63. The number of hydrogen-bond donors (Lipinski definition) is 1. The predicted octanol–water partition coefficient (Wildman–Crippen LogP) is 1.73. The molecular formula is C17H22FN3O2. The van der Waals surface area contributed by atoms with Crippen LogP contribution in [0.5, 0.6) is 0 Å². The summed E-state index contributed by atoms with van der Waals surface area (Å²) in [4.78, 5) is 28.3. The number of benzene rings is 1. The zero-order valence-corrected chi connectivity index (χ0v) is 13.3. The minimum atomic E-state index is -0.471. The molecule has 0 unspecified atom stereocenters. The van der Waals surface area contributed by atoms with E-state index in [1.54, 1.807) is 17.0 Å². The van der Waals surface area contributed by atoms with Crippen LogP contribution < -0.4 is 5.32 Å². The highest BCUT2D eigenvalue weighted by molar-refractivity contribution is 5.91. The van der Waals surface area contributed by atoms with Gasteiger partial charge < -0.3 is 15.1 Å². The number of hydrogen-bond acceptors (Lipinski definition) is 2. The fourth-order valence-corrected chi connectivity index (χ4v) is 3.20. The van der Waals surface area contributed by atoms with E-state index >= 15 is 0 Å². The van der Waals surface area contributed by atoms with Crippen molar-refractivity contribution in [3.63, 3.8) is 0 Å². The van der Waals surface area contributed by atoms with E-state index in [-0.39, 0.29) is 17.8 Å². The summed E-state index contributed by atoms with van der Waals surface area (Å²) >= 11 is 0. The third-order valence-corrected chi connectivity index (χ3v) is 4.74. The fraction of sp³-hybridized carbons (Fsp3) is 0.529. The van der Waals surface area contributed by atoms with Crippen LogP contribution in [0, 0.1) is 5.82 Å². The van der Waals surface area contributed by atoms with Gasteiger partial charge in [0.25, 0.3) is 0 Å². The largest absolute Gasteiger partial charge is 0.338 e. The molecule has 1 aliphatic heterocycles. The average Bonchev–Trinajstić information content (AvgIpc) is 3.37. The highest BCUT2D eigenvalue weighted by Gasteiger charge is 2.53. The Hall–Kier alpha value is -2.11. The van der Waals surface area contributed by atoms with Gasteiger partial charge in [0.05, 0.1) is 5.41 Å². The summed E-state index contributed by atoms with van der Waals surface area (Å²) < 4.78 is 13.1. The van der Waals surface area contributed by atoms with Gasteiger partial charge in [-0.1, -0.05) is 12.1 Å². The lowest BCUT2D eigenvalue weighted by molar-refractivity contribution is -0.135. The highest BCUT2D eigenvalue weighted by Crippen LogP contribution is 2.49. The molecule has 1 saturated carbocycles. The van der Waals surface area contributed by atoms with E-state index < -0.39 is 5.41 Å². The van der Waals surface area contributed by atoms with Gasteiger partial charge in [-0.05, 0) is 37.5 Å². The molecule has 2 aliphatic rings. The molecule has 1 N–H and O–H groups in total. The lowest BCUT2D eigenvalue weighted by atomic mass is 9.94. The first kappa shape index (κ1) is 15.8. The van der Waals surface area contributed by atoms with E-state index in [1.807, 2.05) is 11.8 Å². The maximum atomic E-state index is 13.1. The van der Waals surface area contributed by atoms with E-state index in [4.69, 9.17) is 0 Å². The van der Waals surface area contributed by atoms with Gasteiger partial charge in [0.15, 0.2) is 0 Å². The van der Waals surface area contributed by atoms with E-state index in [9.17, 15) is 14.0 Å². The van der Waals surface area contributed by atoms with Crippen molar-refractivity contribution >= 4 is 11.9 Å². The molecule has 1 heterocycles. The Morgan fingerprint density at radius 1 is 1.09 bits per heavy atom. The van der Waals surface area contributed by atoms with Gasteiger partial charge in [0.1, 0.15) is 5.82 Å². The monoisotopic (exact) mass is 319 g/mol. The van der Waals surface area contributed by atoms with Crippen molar-refractivity contribution in [2.24, 2.45) is 0 Å². The number of halogens is 1. The van der Waals surface area contributed by atoms with Crippen molar-refractivity contribution < 1.29 is 14.0 Å². The summed E-state index contributed by atoms with van der Waals surface area (Å²) in [5.74, 6) is -0.174. The highest BCUT2D eigenvalue weighted by atomic mass is 19.1. The molecule has 0 spiro atoms. The summed E-state index contributed by atoms with van der Waals surface area (Å²) in [5, 5.41) is 2.78. The summed E-state index contributed by atoms with van der Waals surface area (Å²) in [5.41, 5.74) is 0.428. The van der Waals surface area contributed by atoms with Crippen LogP contribution in [0.25, 0.3) is 0 Å². The fourth-order valence-electron chi connectivity index (χ4n) is 3.20. The number of carbonyl (C=O) groups excluding carboxylic acids is 2. The first-order valence-corrected chi connectivity index (χ1v) is 8.15. The maximum Gasteiger partial charge on any atom is 0.317 e. The van der Waals surface area contributed by atoms with Crippen LogP contribution in [-0.4, -0.2) is 54.5 Å². The van der Waals surface area contributed by atoms with Crippen LogP contribution >= 0.6 is 0 Å². The number of amides is 3. The molecule has 124 valence electrons. The molecule has 3 amide bonds. The van der Waals surface area contributed by atoms with E-state index in [2.05, 4.69) is 5.32 Å². The Morgan fingerprint density at radius 3 is 2.17 bits per heavy atom. The molecule has 1 aliphatic carbocycles. The molecule has 5 nitrogen and oxygen atoms in total. The Labute approximate surface area is 135 Å². The molecule has 3 rings (SSSR count). The normalized spacial score (nSPS) is 19.4. The summed E-state index contributed by atoms with van der Waals surface area (Å²) in [6.07, 6.45) is 1.63. The van der Waals surface area contributed by atoms with Crippen LogP contribution in [0.3, 0.4) is 0 Å². The third-order valence-electron chi connectivity index (χ3n) is 4.74. The number of rotatable bonds is 3. The predicted molar refractivity (Wildman–Crippen MR) is 84.5 cm³/mol. The van der Waals surface area contributed by atoms with E-state index in [0.29, 0.717) is 32.7 Å². The van der Waals surface area contributed by atoms with Gasteiger partial charge >= 0.3 is 6.03 Å². The topological polar surface area (TPSA) is 52.7 Å². The van der Waals surface area contributed by atoms with Crippen LogP contribution in [0.4, 0.5) is 9.18 Å². The molecule has 0 radical (unpaired) electrons. The van der Waals surface area contributed by atoms with Crippen molar-refractivity contribution in [1.82, 2.24) is 15.1 Å². The quantitative estimate of drug-likeness (QED) is 0.922. The second kappa shape index (κ2) is 6.18. The zero-order valence-electron chi connectivity index (χ0n) is 13.3. The Morgan fingerprint density at radius 2 is 1.65 bits per heavy atom. The second-order valence-electron chi connectivity index (χ2n) is 6.20. The summed E-state index contributed by atoms with van der Waals surface area (Å²) in [6, 6.07) is 6.18. The zero-order chi connectivity index (χ0) is 16.4. The third kappa shape index (κ3) is 3.02. The maximum absolute atomic E-state index is 13.1. The lowest BCUT2D eigenvalue weighted by Crippen LogP contribution is -2.54. The first-order chi connectivity index (χ1) is 11.1. The molecule has 0 aromatic heterocycles. The summed E-state index contributed by atoms with van der Waals surface area (Å²) in [7, 11) is 0. The summed E-state index contributed by atoms with van der Waals surface area (Å²) in [6.45, 7) is 4.70. The SMILES string of the molecule is CCNC(=O)N1CCN(C(=O)C2(c3ccc(F)cc3)CC2)CC1. The van der Waals surface area contributed by atoms with Crippen molar-refractivity contribution in [2.45, 2.75) is 25.2 Å². The van der Waals surface area contributed by atoms with E-state index in [0.717, 1.165) is 18.4 Å². The number of nitrogens with zero attached hydrogens (tertiary/aromatic N) is 2. The number of carbonyl (C=O) groups is 2. The van der Waals surface area contributed by atoms with Crippen LogP contribution in [0.1, 0.15) is 25.3 Å². The molecule has 0 atom stereocenters. The number of piperazine rings is 1. The molecule has 6 heteroatoms. The number of nitrogens with one attached hydrogen (secondary N) is 1. The first-order valence-electron chi connectivity index (χ1n) is 8.15. The van der Waals surface area contributed by atoms with Crippen LogP contribution in [0.15, 0.2) is 24.3 Å². The van der Waals surface area contributed by atoms with E-state index in [1.165, 1.54) is 12.1 Å². The van der Waals surface area contributed by atoms with Gasteiger partial charge in [-0.25, -0.2) is 9.18 Å². The molecular weight excluding hydrogens is 297 g/mol. The second-order valence-corrected chi connectivity index (χ2v) is 6.20. The van der Waals surface area contributed by atoms with Crippen LogP contribution in [0.2, 0.25) is 0 Å². The molecule has 0 bridgehead atoms. The van der Waals surface area contributed by atoms with Crippen molar-refractivity contribution in [3.05, 3.63) is 35.6 Å². The molecule has 1 aromatic rings. The van der Waals surface area contributed by atoms with Gasteiger partial charge in [-0.2, -0.15) is 0 Å². The molecule has 1 aromatic carbocycles. The van der Waals surface area contributed by atoms with Crippen molar-refractivity contribution in [3.8, 4) is 0 Å². The van der Waals surface area contributed by atoms with Gasteiger partial charge in [0.2, 0.25) is 5.91 Å². The molecule has 23 heavy (non-hydrogen) atoms. The smallest absolute Gasteiger partial charge is 0.317 e. The van der Waals surface area contributed by atoms with Gasteiger partial charge in [-0.15, -0.1) is 0 Å². The molecule has 1 saturated heterocycles. The van der Waals surface area contributed by atoms with Gasteiger partial charge in [-0.3, -0.25) is 4.79 Å². The van der Waals surface area contributed by atoms with Crippen LogP contribution in [-0.2, 0) is 10.2 Å². The van der Waals surface area contributed by atoms with Crippen molar-refractivity contribution in [1.29, 1.82) is 0 Å². The standard InChI is InChI=1S/C17H22FN3O2/c1-2-19-16(23)21-11-9-20(10-12-21)15(22)17(7-8-17)13-3-5-14(18)6-4-13/h3-6H,2,7-12H2,1H3,(H,19,23). The minimum absolute atomic E-state index is 0.0701. The minimum Gasteiger partial charge on any atom is -0.338 e. The Kier molecular flexibility index (Phi) is 4.24. The van der Waals surface area contributed by atoms with Crippen molar-refractivity contribution in [2.75, 3.05) is 32.7 Å².